The van der Waals surface area contributed by atoms with Gasteiger partial charge >= 0.3 is 6.09 Å². The molecule has 0 atom stereocenters. The number of hydrogen-bond acceptors (Lipinski definition) is 6. The number of methoxy groups -OCH3 is 1. The number of carbonyl (C=O) groups is 2. The summed E-state index contributed by atoms with van der Waals surface area (Å²) in [5.41, 5.74) is 0.630. The van der Waals surface area contributed by atoms with Crippen LogP contribution < -0.4 is 10.6 Å². The molecule has 0 aromatic carbocycles. The first-order valence-electron chi connectivity index (χ1n) is 4.58. The molecule has 0 aliphatic heterocycles. The molecule has 0 fully saturated rings. The molecule has 0 spiro atoms. The fraction of sp³-hybridized carbons (Fsp3) is 0.333. The zero-order valence-corrected chi connectivity index (χ0v) is 11.1. The van der Waals surface area contributed by atoms with Gasteiger partial charge in [0.1, 0.15) is 0 Å². The van der Waals surface area contributed by atoms with Gasteiger partial charge in [0.05, 0.1) is 17.7 Å². The summed E-state index contributed by atoms with van der Waals surface area (Å²) in [5, 5.41) is 5.50. The number of ketones is 1. The van der Waals surface area contributed by atoms with Crippen molar-refractivity contribution in [3.05, 3.63) is 10.6 Å². The van der Waals surface area contributed by atoms with E-state index in [-0.39, 0.29) is 10.9 Å². The molecule has 0 bridgehead atoms. The topological polar surface area (TPSA) is 80.3 Å². The van der Waals surface area contributed by atoms with Crippen molar-refractivity contribution in [2.45, 2.75) is 13.8 Å². The molecular weight excluding hydrogens is 262 g/mol. The van der Waals surface area contributed by atoms with Gasteiger partial charge in [0, 0.05) is 6.92 Å². The number of aryl methyl sites for hydroxylation is 1. The molecule has 8 heteroatoms. The first-order chi connectivity index (χ1) is 7.93. The van der Waals surface area contributed by atoms with E-state index in [1.807, 2.05) is 0 Å². The fourth-order valence-electron chi connectivity index (χ4n) is 1.05. The highest BCUT2D eigenvalue weighted by atomic mass is 32.1. The quantitative estimate of drug-likeness (QED) is 0.630. The lowest BCUT2D eigenvalue weighted by molar-refractivity contribution is 0.102. The van der Waals surface area contributed by atoms with Gasteiger partial charge in [0.2, 0.25) is 0 Å². The zero-order chi connectivity index (χ0) is 13.0. The van der Waals surface area contributed by atoms with Crippen LogP contribution in [0.15, 0.2) is 0 Å². The van der Waals surface area contributed by atoms with E-state index in [4.69, 9.17) is 12.2 Å². The van der Waals surface area contributed by atoms with Gasteiger partial charge in [0.25, 0.3) is 0 Å². The first-order valence-corrected chi connectivity index (χ1v) is 5.80. The Balaban J connectivity index is 2.69. The minimum absolute atomic E-state index is 0.0557. The van der Waals surface area contributed by atoms with E-state index in [1.54, 1.807) is 6.92 Å². The molecule has 6 nitrogen and oxygen atoms in total. The minimum Gasteiger partial charge on any atom is -0.453 e. The van der Waals surface area contributed by atoms with Crippen LogP contribution in [-0.2, 0) is 4.74 Å². The van der Waals surface area contributed by atoms with E-state index in [0.29, 0.717) is 15.7 Å². The summed E-state index contributed by atoms with van der Waals surface area (Å²) in [4.78, 5) is 26.7. The third kappa shape index (κ3) is 3.75. The maximum absolute atomic E-state index is 11.2. The van der Waals surface area contributed by atoms with Gasteiger partial charge < -0.3 is 10.1 Å². The molecule has 1 aromatic heterocycles. The third-order valence-electron chi connectivity index (χ3n) is 1.74. The predicted molar refractivity (Wildman–Crippen MR) is 68.6 cm³/mol. The molecule has 0 unspecified atom stereocenters. The first kappa shape index (κ1) is 13.5. The summed E-state index contributed by atoms with van der Waals surface area (Å²) in [6.45, 7) is 3.20. The summed E-state index contributed by atoms with van der Waals surface area (Å²) < 4.78 is 4.38. The molecule has 92 valence electrons. The largest absolute Gasteiger partial charge is 0.453 e. The van der Waals surface area contributed by atoms with E-state index in [1.165, 1.54) is 25.4 Å². The molecular formula is C9H11N3O3S2. The number of nitrogens with one attached hydrogen (secondary N) is 2. The Morgan fingerprint density at radius 2 is 2.12 bits per heavy atom. The van der Waals surface area contributed by atoms with Crippen LogP contribution in [0, 0.1) is 6.92 Å². The molecule has 0 saturated carbocycles. The molecule has 0 aliphatic rings. The average molecular weight is 273 g/mol. The van der Waals surface area contributed by atoms with Gasteiger partial charge in [-0.2, -0.15) is 0 Å². The van der Waals surface area contributed by atoms with E-state index < -0.39 is 6.09 Å². The number of rotatable bonds is 2. The van der Waals surface area contributed by atoms with Crippen LogP contribution in [-0.4, -0.2) is 29.1 Å². The summed E-state index contributed by atoms with van der Waals surface area (Å²) in [6.07, 6.45) is -0.664. The number of hydrogen-bond donors (Lipinski definition) is 2. The van der Waals surface area contributed by atoms with Crippen molar-refractivity contribution in [1.82, 2.24) is 10.3 Å². The van der Waals surface area contributed by atoms with Crippen LogP contribution in [0.1, 0.15) is 22.3 Å². The van der Waals surface area contributed by atoms with Gasteiger partial charge in [-0.25, -0.2) is 9.78 Å². The average Bonchev–Trinajstić information content (AvgIpc) is 2.59. The van der Waals surface area contributed by atoms with E-state index in [0.717, 1.165) is 0 Å². The lowest BCUT2D eigenvalue weighted by Crippen LogP contribution is -2.33. The van der Waals surface area contributed by atoms with Crippen molar-refractivity contribution in [3.8, 4) is 0 Å². The van der Waals surface area contributed by atoms with Crippen molar-refractivity contribution in [1.29, 1.82) is 0 Å². The summed E-state index contributed by atoms with van der Waals surface area (Å²) in [6, 6.07) is 0. The van der Waals surface area contributed by atoms with Gasteiger partial charge in [-0.1, -0.05) is 11.3 Å². The molecule has 1 heterocycles. The number of carbonyl (C=O) groups excluding carboxylic acids is 2. The molecule has 2 N–H and O–H groups in total. The van der Waals surface area contributed by atoms with Gasteiger partial charge in [-0.3, -0.25) is 10.1 Å². The summed E-state index contributed by atoms with van der Waals surface area (Å²) in [7, 11) is 1.24. The number of thiocarbonyl (C=S) groups is 1. The molecule has 0 aliphatic carbocycles. The fourth-order valence-corrected chi connectivity index (χ4v) is 2.16. The Morgan fingerprint density at radius 1 is 1.47 bits per heavy atom. The van der Waals surface area contributed by atoms with Crippen molar-refractivity contribution in [2.75, 3.05) is 12.4 Å². The zero-order valence-electron chi connectivity index (χ0n) is 9.49. The number of amides is 1. The van der Waals surface area contributed by atoms with E-state index in [9.17, 15) is 9.59 Å². The van der Waals surface area contributed by atoms with Gasteiger partial charge in [-0.15, -0.1) is 0 Å². The Hall–Kier alpha value is -1.54. The van der Waals surface area contributed by atoms with Crippen molar-refractivity contribution >= 4 is 45.7 Å². The number of alkyl carbamates (subject to hydrolysis) is 1. The highest BCUT2D eigenvalue weighted by Gasteiger charge is 2.12. The van der Waals surface area contributed by atoms with Crippen LogP contribution in [0.4, 0.5) is 9.93 Å². The Kier molecular flexibility index (Phi) is 4.53. The molecule has 1 rings (SSSR count). The summed E-state index contributed by atoms with van der Waals surface area (Å²) >= 11 is 6.03. The number of anilines is 1. The lowest BCUT2D eigenvalue weighted by Gasteiger charge is -2.04. The third-order valence-corrected chi connectivity index (χ3v) is 3.12. The number of ether oxygens (including phenoxy) is 1. The van der Waals surface area contributed by atoms with Crippen LogP contribution in [0.3, 0.4) is 0 Å². The number of nitrogens with zero attached hydrogens (tertiary/aromatic N) is 1. The normalized spacial score (nSPS) is 9.59. The van der Waals surface area contributed by atoms with Crippen molar-refractivity contribution in [3.63, 3.8) is 0 Å². The maximum atomic E-state index is 11.2. The van der Waals surface area contributed by atoms with Crippen LogP contribution in [0.25, 0.3) is 0 Å². The second-order valence-corrected chi connectivity index (χ2v) is 4.47. The Morgan fingerprint density at radius 3 is 2.59 bits per heavy atom. The monoisotopic (exact) mass is 273 g/mol. The van der Waals surface area contributed by atoms with E-state index in [2.05, 4.69) is 20.4 Å². The molecule has 0 radical (unpaired) electrons. The van der Waals surface area contributed by atoms with Crippen molar-refractivity contribution < 1.29 is 14.3 Å². The van der Waals surface area contributed by atoms with Crippen LogP contribution in [0.5, 0.6) is 0 Å². The summed E-state index contributed by atoms with van der Waals surface area (Å²) in [5.74, 6) is -0.0557. The molecule has 0 saturated heterocycles. The van der Waals surface area contributed by atoms with Crippen molar-refractivity contribution in [2.24, 2.45) is 0 Å². The van der Waals surface area contributed by atoms with Gasteiger partial charge in [-0.05, 0) is 19.1 Å². The van der Waals surface area contributed by atoms with Gasteiger partial charge in [0.15, 0.2) is 16.0 Å². The molecule has 17 heavy (non-hydrogen) atoms. The highest BCUT2D eigenvalue weighted by Crippen LogP contribution is 2.22. The minimum atomic E-state index is -0.664. The maximum Gasteiger partial charge on any atom is 0.413 e. The van der Waals surface area contributed by atoms with Crippen LogP contribution >= 0.6 is 23.6 Å². The standard InChI is InChI=1S/C9H11N3O3S2/c1-4-6(5(2)13)17-8(10-4)11-7(16)12-9(14)15-3/h1-3H3,(H2,10,11,12,14,16). The number of aromatic nitrogens is 1. The number of Topliss-reactive ketones (excluding diaryl/α,β-unsaturated/α-hetero) is 1. The SMILES string of the molecule is COC(=O)NC(=S)Nc1nc(C)c(C(C)=O)s1. The second kappa shape index (κ2) is 5.69. The Bertz CT molecular complexity index is 470. The lowest BCUT2D eigenvalue weighted by atomic mass is 10.3. The smallest absolute Gasteiger partial charge is 0.413 e. The van der Waals surface area contributed by atoms with Crippen LogP contribution in [0.2, 0.25) is 0 Å². The predicted octanol–water partition coefficient (Wildman–Crippen LogP) is 1.71. The van der Waals surface area contributed by atoms with E-state index >= 15 is 0 Å². The second-order valence-electron chi connectivity index (χ2n) is 3.06. The molecule has 1 aromatic rings. The number of thiazole rings is 1. The highest BCUT2D eigenvalue weighted by molar-refractivity contribution is 7.80. The Labute approximate surface area is 107 Å². The molecule has 1 amide bonds.